The number of rotatable bonds is 7. The molecule has 19 heavy (non-hydrogen) atoms. The summed E-state index contributed by atoms with van der Waals surface area (Å²) in [4.78, 5) is 0. The minimum Gasteiger partial charge on any atom is -0.330 e. The highest BCUT2D eigenvalue weighted by Gasteiger charge is 2.32. The van der Waals surface area contributed by atoms with Crippen LogP contribution in [-0.4, -0.2) is 49.8 Å². The van der Waals surface area contributed by atoms with Gasteiger partial charge in [0.15, 0.2) is 0 Å². The largest absolute Gasteiger partial charge is 0.330 e. The SMILES string of the molecule is CCC(C)CN(CC)S(=O)(=O)N1CCC(CN)CC1. The summed E-state index contributed by atoms with van der Waals surface area (Å²) < 4.78 is 28.4. The van der Waals surface area contributed by atoms with Crippen LogP contribution in [0.3, 0.4) is 0 Å². The van der Waals surface area contributed by atoms with Crippen LogP contribution in [0.15, 0.2) is 0 Å². The zero-order valence-electron chi connectivity index (χ0n) is 12.5. The molecule has 0 spiro atoms. The molecule has 5 nitrogen and oxygen atoms in total. The molecule has 1 aliphatic rings. The lowest BCUT2D eigenvalue weighted by Crippen LogP contribution is -2.48. The van der Waals surface area contributed by atoms with Crippen LogP contribution in [0.2, 0.25) is 0 Å². The van der Waals surface area contributed by atoms with Crippen LogP contribution in [0.25, 0.3) is 0 Å². The smallest absolute Gasteiger partial charge is 0.281 e. The van der Waals surface area contributed by atoms with Crippen molar-refractivity contribution in [2.24, 2.45) is 17.6 Å². The van der Waals surface area contributed by atoms with Gasteiger partial charge in [-0.15, -0.1) is 0 Å². The quantitative estimate of drug-likeness (QED) is 0.768. The lowest BCUT2D eigenvalue weighted by atomic mass is 9.99. The van der Waals surface area contributed by atoms with E-state index in [4.69, 9.17) is 5.73 Å². The van der Waals surface area contributed by atoms with Gasteiger partial charge in [-0.05, 0) is 31.2 Å². The predicted octanol–water partition coefficient (Wildman–Crippen LogP) is 1.27. The second-order valence-electron chi connectivity index (χ2n) is 5.55. The van der Waals surface area contributed by atoms with Gasteiger partial charge in [-0.1, -0.05) is 27.2 Å². The van der Waals surface area contributed by atoms with Gasteiger partial charge in [-0.3, -0.25) is 0 Å². The van der Waals surface area contributed by atoms with E-state index < -0.39 is 10.2 Å². The van der Waals surface area contributed by atoms with Gasteiger partial charge < -0.3 is 5.73 Å². The first kappa shape index (κ1) is 16.9. The molecule has 0 aromatic heterocycles. The van der Waals surface area contributed by atoms with Gasteiger partial charge in [0.05, 0.1) is 0 Å². The Hall–Kier alpha value is -0.170. The first-order chi connectivity index (χ1) is 8.95. The molecular weight excluding hydrogens is 262 g/mol. The van der Waals surface area contributed by atoms with Crippen LogP contribution in [0.5, 0.6) is 0 Å². The van der Waals surface area contributed by atoms with E-state index >= 15 is 0 Å². The van der Waals surface area contributed by atoms with Crippen LogP contribution in [-0.2, 0) is 10.2 Å². The van der Waals surface area contributed by atoms with Gasteiger partial charge in [0.25, 0.3) is 10.2 Å². The fourth-order valence-corrected chi connectivity index (χ4v) is 4.17. The number of nitrogens with zero attached hydrogens (tertiary/aromatic N) is 2. The van der Waals surface area contributed by atoms with E-state index in [-0.39, 0.29) is 0 Å². The first-order valence-electron chi connectivity index (χ1n) is 7.40. The van der Waals surface area contributed by atoms with Crippen LogP contribution in [0.4, 0.5) is 0 Å². The van der Waals surface area contributed by atoms with Crippen molar-refractivity contribution in [1.29, 1.82) is 0 Å². The van der Waals surface area contributed by atoms with Gasteiger partial charge in [0.1, 0.15) is 0 Å². The molecule has 1 rings (SSSR count). The molecule has 1 saturated heterocycles. The zero-order chi connectivity index (χ0) is 14.5. The summed E-state index contributed by atoms with van der Waals surface area (Å²) in [6, 6.07) is 0. The molecule has 1 unspecified atom stereocenters. The Balaban J connectivity index is 2.67. The normalized spacial score (nSPS) is 20.9. The molecular formula is C13H29N3O2S. The fraction of sp³-hybridized carbons (Fsp3) is 1.00. The summed E-state index contributed by atoms with van der Waals surface area (Å²) in [6.07, 6.45) is 2.77. The third kappa shape index (κ3) is 4.41. The van der Waals surface area contributed by atoms with Gasteiger partial charge in [-0.25, -0.2) is 0 Å². The Morgan fingerprint density at radius 1 is 1.32 bits per heavy atom. The van der Waals surface area contributed by atoms with Crippen molar-refractivity contribution in [2.45, 2.75) is 40.0 Å². The number of nitrogens with two attached hydrogens (primary N) is 1. The molecule has 0 bridgehead atoms. The lowest BCUT2D eigenvalue weighted by molar-refractivity contribution is 0.251. The Labute approximate surface area is 118 Å². The van der Waals surface area contributed by atoms with Crippen molar-refractivity contribution >= 4 is 10.2 Å². The van der Waals surface area contributed by atoms with Crippen molar-refractivity contribution in [3.63, 3.8) is 0 Å². The van der Waals surface area contributed by atoms with Crippen LogP contribution in [0, 0.1) is 11.8 Å². The topological polar surface area (TPSA) is 66.6 Å². The highest BCUT2D eigenvalue weighted by molar-refractivity contribution is 7.86. The second-order valence-corrected chi connectivity index (χ2v) is 7.48. The number of piperidine rings is 1. The molecule has 1 heterocycles. The monoisotopic (exact) mass is 291 g/mol. The summed E-state index contributed by atoms with van der Waals surface area (Å²) >= 11 is 0. The number of hydrogen-bond donors (Lipinski definition) is 1. The van der Waals surface area contributed by atoms with Crippen molar-refractivity contribution in [1.82, 2.24) is 8.61 Å². The highest BCUT2D eigenvalue weighted by Crippen LogP contribution is 2.21. The molecule has 0 aromatic carbocycles. The molecule has 1 fully saturated rings. The predicted molar refractivity (Wildman–Crippen MR) is 79.0 cm³/mol. The van der Waals surface area contributed by atoms with Crippen LogP contribution >= 0.6 is 0 Å². The van der Waals surface area contributed by atoms with Crippen LogP contribution < -0.4 is 5.73 Å². The third-order valence-electron chi connectivity index (χ3n) is 4.12. The molecule has 0 radical (unpaired) electrons. The molecule has 6 heteroatoms. The van der Waals surface area contributed by atoms with Crippen LogP contribution in [0.1, 0.15) is 40.0 Å². The lowest BCUT2D eigenvalue weighted by Gasteiger charge is -2.35. The fourth-order valence-electron chi connectivity index (χ4n) is 2.40. The van der Waals surface area contributed by atoms with Gasteiger partial charge in [0, 0.05) is 26.2 Å². The third-order valence-corrected chi connectivity index (χ3v) is 6.20. The van der Waals surface area contributed by atoms with Crippen molar-refractivity contribution in [3.05, 3.63) is 0 Å². The molecule has 0 amide bonds. The molecule has 1 atom stereocenters. The molecule has 2 N–H and O–H groups in total. The van der Waals surface area contributed by atoms with E-state index in [0.717, 1.165) is 19.3 Å². The number of hydrogen-bond acceptors (Lipinski definition) is 3. The van der Waals surface area contributed by atoms with E-state index in [9.17, 15) is 8.42 Å². The molecule has 0 aliphatic carbocycles. The van der Waals surface area contributed by atoms with E-state index in [2.05, 4.69) is 13.8 Å². The second kappa shape index (κ2) is 7.57. The molecule has 1 aliphatic heterocycles. The van der Waals surface area contributed by atoms with E-state index in [1.165, 1.54) is 0 Å². The summed E-state index contributed by atoms with van der Waals surface area (Å²) in [6.45, 7) is 9.15. The molecule has 0 aromatic rings. The molecule has 0 saturated carbocycles. The maximum atomic E-state index is 12.6. The van der Waals surface area contributed by atoms with Gasteiger partial charge >= 0.3 is 0 Å². The highest BCUT2D eigenvalue weighted by atomic mass is 32.2. The molecule has 114 valence electrons. The van der Waals surface area contributed by atoms with Gasteiger partial charge in [-0.2, -0.15) is 17.0 Å². The summed E-state index contributed by atoms with van der Waals surface area (Å²) in [5.74, 6) is 0.882. The summed E-state index contributed by atoms with van der Waals surface area (Å²) in [5.41, 5.74) is 5.65. The van der Waals surface area contributed by atoms with Crippen molar-refractivity contribution in [3.8, 4) is 0 Å². The van der Waals surface area contributed by atoms with E-state index in [1.807, 2.05) is 6.92 Å². The zero-order valence-corrected chi connectivity index (χ0v) is 13.3. The Kier molecular flexibility index (Phi) is 6.73. The van der Waals surface area contributed by atoms with Crippen molar-refractivity contribution < 1.29 is 8.42 Å². The minimum atomic E-state index is -3.29. The summed E-state index contributed by atoms with van der Waals surface area (Å²) in [7, 11) is -3.29. The average molecular weight is 291 g/mol. The summed E-state index contributed by atoms with van der Waals surface area (Å²) in [5, 5.41) is 0. The average Bonchev–Trinajstić information content (AvgIpc) is 2.44. The Morgan fingerprint density at radius 2 is 1.89 bits per heavy atom. The Morgan fingerprint density at radius 3 is 2.32 bits per heavy atom. The minimum absolute atomic E-state index is 0.399. The first-order valence-corrected chi connectivity index (χ1v) is 8.80. The maximum Gasteiger partial charge on any atom is 0.281 e. The maximum absolute atomic E-state index is 12.6. The van der Waals surface area contributed by atoms with E-state index in [1.54, 1.807) is 8.61 Å². The Bertz CT molecular complexity index is 351. The van der Waals surface area contributed by atoms with E-state index in [0.29, 0.717) is 44.6 Å². The van der Waals surface area contributed by atoms with Crippen molar-refractivity contribution in [2.75, 3.05) is 32.7 Å². The standard InChI is InChI=1S/C13H29N3O2S/c1-4-12(3)11-15(5-2)19(17,18)16-8-6-13(10-14)7-9-16/h12-13H,4-11,14H2,1-3H3. The van der Waals surface area contributed by atoms with Gasteiger partial charge in [0.2, 0.25) is 0 Å².